The van der Waals surface area contributed by atoms with Crippen LogP contribution in [0.1, 0.15) is 56.8 Å². The lowest BCUT2D eigenvalue weighted by atomic mass is 10.1. The Morgan fingerprint density at radius 2 is 1.43 bits per heavy atom. The molecule has 0 amide bonds. The number of hydrogen-bond donors (Lipinski definition) is 1. The van der Waals surface area contributed by atoms with Gasteiger partial charge in [-0.3, -0.25) is 9.50 Å². The predicted molar refractivity (Wildman–Crippen MR) is 108 cm³/mol. The van der Waals surface area contributed by atoms with Gasteiger partial charge in [0, 0.05) is 41.0 Å². The summed E-state index contributed by atoms with van der Waals surface area (Å²) in [7, 11) is 0. The summed E-state index contributed by atoms with van der Waals surface area (Å²) in [6, 6.07) is 0. The van der Waals surface area contributed by atoms with Crippen LogP contribution in [-0.2, 0) is 0 Å². The van der Waals surface area contributed by atoms with E-state index in [9.17, 15) is 9.90 Å². The number of carbonyl (C=O) groups is 1. The van der Waals surface area contributed by atoms with Crippen molar-refractivity contribution in [1.29, 1.82) is 0 Å². The Morgan fingerprint density at radius 1 is 1.00 bits per heavy atom. The molecule has 0 spiro atoms. The quantitative estimate of drug-likeness (QED) is 0.463. The van der Waals surface area contributed by atoms with Crippen molar-refractivity contribution in [3.05, 3.63) is 39.6 Å². The van der Waals surface area contributed by atoms with E-state index < -0.39 is 0 Å². The first-order chi connectivity index (χ1) is 10.1. The van der Waals surface area contributed by atoms with Crippen LogP contribution in [-0.4, -0.2) is 10.9 Å². The number of thiophene rings is 2. The van der Waals surface area contributed by atoms with Crippen LogP contribution in [0.5, 0.6) is 0 Å². The smallest absolute Gasteiger partial charge is 0.162 e. The van der Waals surface area contributed by atoms with Crippen molar-refractivity contribution in [2.75, 3.05) is 0 Å². The number of rotatable bonds is 2. The highest BCUT2D eigenvalue weighted by Crippen LogP contribution is 2.35. The van der Waals surface area contributed by atoms with Crippen LogP contribution < -0.4 is 0 Å². The summed E-state index contributed by atoms with van der Waals surface area (Å²) in [5.74, 6) is 0.138. The Hall–Kier alpha value is -0.0800. The molecule has 2 aromatic rings. The third-order valence-corrected chi connectivity index (χ3v) is 7.78. The lowest BCUT2D eigenvalue weighted by Gasteiger charge is -2.03. The van der Waals surface area contributed by atoms with Gasteiger partial charge in [-0.1, -0.05) is 0 Å². The van der Waals surface area contributed by atoms with Gasteiger partial charge in [0.15, 0.2) is 5.78 Å². The fourth-order valence-electron chi connectivity index (χ4n) is 2.21. The Labute approximate surface area is 163 Å². The molecule has 7 heteroatoms. The molecule has 0 unspecified atom stereocenters. The highest BCUT2D eigenvalue weighted by molar-refractivity contribution is 9.11. The Kier molecular flexibility index (Phi) is 9.38. The van der Waals surface area contributed by atoms with Crippen LogP contribution in [0.2, 0.25) is 0 Å². The molecule has 132 valence electrons. The normalized spacial score (nSPS) is 11.3. The first-order valence-electron chi connectivity index (χ1n) is 6.77. The van der Waals surface area contributed by atoms with Gasteiger partial charge in [-0.2, -0.15) is 0 Å². The summed E-state index contributed by atoms with van der Waals surface area (Å²) in [6.07, 6.45) is -0.366. The highest BCUT2D eigenvalue weighted by atomic mass is 79.9. The number of hydrogen-bond acceptors (Lipinski definition) is 4. The van der Waals surface area contributed by atoms with Crippen molar-refractivity contribution in [3.8, 4) is 0 Å². The molecule has 0 aliphatic rings. The number of aryl methyl sites for hydroxylation is 4. The molecule has 2 nitrogen and oxygen atoms in total. The fraction of sp³-hybridized carbons (Fsp3) is 0.438. The molecule has 0 bridgehead atoms. The molecular formula is C16H23Br2FO2S2. The molecule has 0 radical (unpaired) electrons. The number of aliphatic hydroxyl groups excluding tert-OH is 1. The van der Waals surface area contributed by atoms with E-state index in [4.69, 9.17) is 0 Å². The molecule has 0 aliphatic carbocycles. The Bertz CT molecular complexity index is 697. The zero-order valence-corrected chi connectivity index (χ0v) is 18.7. The molecule has 2 aromatic heterocycles. The highest BCUT2D eigenvalue weighted by Gasteiger charge is 2.14. The molecule has 23 heavy (non-hydrogen) atoms. The SMILES string of the molecule is CC(=O)c1c(C)sc(C)c1Br.Cc1sc(C)c([C@@H](C)O)c1Br.F.[3HH]. The minimum Gasteiger partial charge on any atom is -0.389 e. The van der Waals surface area contributed by atoms with E-state index in [1.807, 2.05) is 27.7 Å². The van der Waals surface area contributed by atoms with E-state index in [1.165, 1.54) is 14.6 Å². The second-order valence-electron chi connectivity index (χ2n) is 5.08. The minimum atomic E-state index is -0.366. The Balaban J connectivity index is 0. The first-order valence-corrected chi connectivity index (χ1v) is 9.99. The van der Waals surface area contributed by atoms with Gasteiger partial charge in [0.1, 0.15) is 0 Å². The van der Waals surface area contributed by atoms with Crippen LogP contribution in [0, 0.1) is 27.7 Å². The Morgan fingerprint density at radius 3 is 1.61 bits per heavy atom. The van der Waals surface area contributed by atoms with E-state index in [0.29, 0.717) is 0 Å². The molecular weight excluding hydrogens is 467 g/mol. The molecule has 0 fully saturated rings. The van der Waals surface area contributed by atoms with E-state index in [0.717, 1.165) is 24.9 Å². The predicted octanol–water partition coefficient (Wildman–Crippen LogP) is 6.91. The minimum absolute atomic E-state index is 0. The van der Waals surface area contributed by atoms with Gasteiger partial charge in [0.05, 0.1) is 6.10 Å². The van der Waals surface area contributed by atoms with Gasteiger partial charge >= 0.3 is 0 Å². The lowest BCUT2D eigenvalue weighted by molar-refractivity contribution is 0.101. The molecule has 0 aromatic carbocycles. The number of halogens is 3. The van der Waals surface area contributed by atoms with Gasteiger partial charge in [0.2, 0.25) is 0 Å². The van der Waals surface area contributed by atoms with Crippen molar-refractivity contribution in [2.45, 2.75) is 47.6 Å². The van der Waals surface area contributed by atoms with Crippen molar-refractivity contribution in [1.82, 2.24) is 0 Å². The van der Waals surface area contributed by atoms with Crippen LogP contribution in [0.15, 0.2) is 8.95 Å². The van der Waals surface area contributed by atoms with Crippen LogP contribution in [0.4, 0.5) is 4.70 Å². The molecule has 0 saturated heterocycles. The second kappa shape index (κ2) is 9.42. The maximum Gasteiger partial charge on any atom is 0.162 e. The number of Topliss-reactive ketones (excluding diaryl/α,β-unsaturated/α-hetero) is 1. The second-order valence-corrected chi connectivity index (χ2v) is 9.52. The zero-order valence-electron chi connectivity index (χ0n) is 13.9. The van der Waals surface area contributed by atoms with E-state index in [-0.39, 0.29) is 18.0 Å². The van der Waals surface area contributed by atoms with Crippen LogP contribution in [0.3, 0.4) is 0 Å². The average Bonchev–Trinajstić information content (AvgIpc) is 2.77. The van der Waals surface area contributed by atoms with E-state index in [1.54, 1.807) is 36.5 Å². The first kappa shape index (κ1) is 22.9. The number of carbonyl (C=O) groups excluding carboxylic acids is 1. The van der Waals surface area contributed by atoms with Crippen molar-refractivity contribution in [2.24, 2.45) is 0 Å². The molecule has 0 saturated carbocycles. The van der Waals surface area contributed by atoms with Crippen molar-refractivity contribution in [3.63, 3.8) is 0 Å². The van der Waals surface area contributed by atoms with E-state index >= 15 is 0 Å². The summed E-state index contributed by atoms with van der Waals surface area (Å²) in [4.78, 5) is 15.8. The van der Waals surface area contributed by atoms with E-state index in [2.05, 4.69) is 31.9 Å². The van der Waals surface area contributed by atoms with Crippen LogP contribution in [0.25, 0.3) is 0 Å². The van der Waals surface area contributed by atoms with Gasteiger partial charge in [-0.05, 0) is 73.4 Å². The summed E-state index contributed by atoms with van der Waals surface area (Å²) in [5.41, 5.74) is 1.88. The zero-order chi connectivity index (χ0) is 17.2. The third kappa shape index (κ3) is 5.46. The molecule has 2 rings (SSSR count). The maximum absolute atomic E-state index is 11.1. The summed E-state index contributed by atoms with van der Waals surface area (Å²) in [5, 5.41) is 9.38. The summed E-state index contributed by atoms with van der Waals surface area (Å²) >= 11 is 10.2. The number of aliphatic hydroxyl groups is 1. The topological polar surface area (TPSA) is 37.3 Å². The molecule has 2 heterocycles. The third-order valence-electron chi connectivity index (χ3n) is 3.19. The van der Waals surface area contributed by atoms with Crippen molar-refractivity contribution >= 4 is 60.3 Å². The molecule has 1 N–H and O–H groups in total. The summed E-state index contributed by atoms with van der Waals surface area (Å²) < 4.78 is 2.03. The average molecular weight is 492 g/mol. The molecule has 0 aliphatic heterocycles. The largest absolute Gasteiger partial charge is 0.389 e. The number of ketones is 1. The summed E-state index contributed by atoms with van der Waals surface area (Å²) in [6.45, 7) is 11.4. The van der Waals surface area contributed by atoms with Gasteiger partial charge in [0.25, 0.3) is 0 Å². The monoisotopic (exact) mass is 490 g/mol. The van der Waals surface area contributed by atoms with Crippen LogP contribution >= 0.6 is 54.5 Å². The van der Waals surface area contributed by atoms with Gasteiger partial charge < -0.3 is 5.11 Å². The van der Waals surface area contributed by atoms with Gasteiger partial charge in [-0.25, -0.2) is 0 Å². The fourth-order valence-corrected chi connectivity index (χ4v) is 6.20. The van der Waals surface area contributed by atoms with Gasteiger partial charge in [-0.15, -0.1) is 22.7 Å². The molecule has 1 atom stereocenters. The van der Waals surface area contributed by atoms with Crippen molar-refractivity contribution < 1.29 is 16.0 Å². The standard InChI is InChI=1S/C8H11BrOS.C8H9BrOS.FH.H2/c2*1-4(10)7-5(2)11-6(3)8(7)9;;/h4,10H,1-3H3;1-3H3;2*1H/t4-;;;/m1.../s1/i;;;1+2. The lowest BCUT2D eigenvalue weighted by Crippen LogP contribution is -1.92. The maximum atomic E-state index is 11.1.